The first kappa shape index (κ1) is 28.0. The molecule has 8 nitrogen and oxygen atoms in total. The molecule has 1 saturated carbocycles. The summed E-state index contributed by atoms with van der Waals surface area (Å²) in [6.45, 7) is 2.11. The van der Waals surface area contributed by atoms with Crippen LogP contribution in [0.4, 0.5) is 19.0 Å². The van der Waals surface area contributed by atoms with Gasteiger partial charge in [0.25, 0.3) is 0 Å². The number of amides is 1. The van der Waals surface area contributed by atoms with Crippen LogP contribution in [-0.4, -0.2) is 48.8 Å². The largest absolute Gasteiger partial charge is 0.417 e. The van der Waals surface area contributed by atoms with Crippen LogP contribution in [0, 0.1) is 0 Å². The smallest absolute Gasteiger partial charge is 0.376 e. The number of hydrogen-bond donors (Lipinski definition) is 2. The molecule has 3 heterocycles. The van der Waals surface area contributed by atoms with E-state index >= 15 is 0 Å². The molecule has 1 saturated heterocycles. The lowest BCUT2D eigenvalue weighted by Crippen LogP contribution is -2.59. The van der Waals surface area contributed by atoms with Crippen LogP contribution in [0.1, 0.15) is 43.9 Å². The van der Waals surface area contributed by atoms with Gasteiger partial charge in [-0.2, -0.15) is 13.2 Å². The highest BCUT2D eigenvalue weighted by Crippen LogP contribution is 2.34. The third kappa shape index (κ3) is 5.83. The number of carbonyl (C=O) groups excluding carboxylic acids is 1. The van der Waals surface area contributed by atoms with E-state index in [1.165, 1.54) is 13.0 Å². The summed E-state index contributed by atoms with van der Waals surface area (Å²) in [6.07, 6.45) is -0.0116. The maximum Gasteiger partial charge on any atom is 0.417 e. The fourth-order valence-electron chi connectivity index (χ4n) is 5.20. The molecule has 12 heteroatoms. The van der Waals surface area contributed by atoms with Gasteiger partial charge in [-0.25, -0.2) is 13.4 Å². The summed E-state index contributed by atoms with van der Waals surface area (Å²) in [6, 6.07) is 12.6. The van der Waals surface area contributed by atoms with E-state index in [2.05, 4.69) is 20.6 Å². The van der Waals surface area contributed by atoms with Gasteiger partial charge in [-0.05, 0) is 73.2 Å². The van der Waals surface area contributed by atoms with Gasteiger partial charge < -0.3 is 15.4 Å². The second-order valence-corrected chi connectivity index (χ2v) is 12.5. The van der Waals surface area contributed by atoms with E-state index in [-0.39, 0.29) is 16.8 Å². The minimum Gasteiger partial charge on any atom is -0.376 e. The summed E-state index contributed by atoms with van der Waals surface area (Å²) in [5.74, 6) is 0.160. The van der Waals surface area contributed by atoms with Crippen LogP contribution in [0.15, 0.2) is 65.8 Å². The van der Waals surface area contributed by atoms with Crippen molar-refractivity contribution in [2.24, 2.45) is 0 Å². The van der Waals surface area contributed by atoms with Crippen LogP contribution in [0.5, 0.6) is 0 Å². The predicted octanol–water partition coefficient (Wildman–Crippen LogP) is 4.72. The Hall–Kier alpha value is -3.51. The van der Waals surface area contributed by atoms with Gasteiger partial charge in [0, 0.05) is 25.4 Å². The average molecular weight is 575 g/mol. The minimum absolute atomic E-state index is 0.0687. The molecular formula is C28H29F3N4O4S. The molecule has 1 aliphatic carbocycles. The molecule has 0 spiro atoms. The summed E-state index contributed by atoms with van der Waals surface area (Å²) < 4.78 is 70.3. The number of nitrogens with zero attached hydrogens (tertiary/aromatic N) is 2. The second-order valence-electron chi connectivity index (χ2n) is 10.3. The van der Waals surface area contributed by atoms with Gasteiger partial charge in [0.15, 0.2) is 9.84 Å². The Morgan fingerprint density at radius 1 is 0.975 bits per heavy atom. The molecule has 1 amide bonds. The SMILES string of the molecule is CC(=O)NC1(c2cc(-c3ccc(S(=O)(=O)C4CCC(Nc5ccc(C(F)(F)F)cn5)CC4)cc3)ccn2)COC1. The molecule has 2 fully saturated rings. The van der Waals surface area contributed by atoms with Crippen LogP contribution in [0.3, 0.4) is 0 Å². The molecule has 5 rings (SSSR count). The molecule has 1 aliphatic heterocycles. The van der Waals surface area contributed by atoms with Crippen LogP contribution in [0.2, 0.25) is 0 Å². The topological polar surface area (TPSA) is 110 Å². The fraction of sp³-hybridized carbons (Fsp3) is 0.393. The Morgan fingerprint density at radius 3 is 2.23 bits per heavy atom. The van der Waals surface area contributed by atoms with Crippen molar-refractivity contribution < 1.29 is 31.1 Å². The van der Waals surface area contributed by atoms with Crippen LogP contribution in [-0.2, 0) is 31.1 Å². The number of benzene rings is 1. The number of halogens is 3. The zero-order valence-electron chi connectivity index (χ0n) is 21.7. The van der Waals surface area contributed by atoms with Gasteiger partial charge in [-0.15, -0.1) is 0 Å². The van der Waals surface area contributed by atoms with Gasteiger partial charge in [-0.3, -0.25) is 9.78 Å². The number of carbonyl (C=O) groups is 1. The Kier molecular flexibility index (Phi) is 7.58. The number of alkyl halides is 3. The van der Waals surface area contributed by atoms with Crippen LogP contribution >= 0.6 is 0 Å². The van der Waals surface area contributed by atoms with Crippen molar-refractivity contribution in [2.75, 3.05) is 18.5 Å². The lowest BCUT2D eigenvalue weighted by atomic mass is 9.90. The summed E-state index contributed by atoms with van der Waals surface area (Å²) in [5, 5.41) is 5.50. The van der Waals surface area contributed by atoms with E-state index in [0.29, 0.717) is 50.4 Å². The first-order valence-electron chi connectivity index (χ1n) is 12.9. The van der Waals surface area contributed by atoms with Gasteiger partial charge in [0.2, 0.25) is 5.91 Å². The molecule has 1 aromatic carbocycles. The summed E-state index contributed by atoms with van der Waals surface area (Å²) in [4.78, 5) is 20.2. The highest BCUT2D eigenvalue weighted by atomic mass is 32.2. The van der Waals surface area contributed by atoms with Crippen molar-refractivity contribution in [1.29, 1.82) is 0 Å². The lowest BCUT2D eigenvalue weighted by molar-refractivity contribution is -0.137. The Labute approximate surface area is 230 Å². The predicted molar refractivity (Wildman–Crippen MR) is 142 cm³/mol. The van der Waals surface area contributed by atoms with Crippen LogP contribution in [0.25, 0.3) is 11.1 Å². The van der Waals surface area contributed by atoms with Crippen molar-refractivity contribution in [3.63, 3.8) is 0 Å². The van der Waals surface area contributed by atoms with Gasteiger partial charge in [0.1, 0.15) is 11.4 Å². The molecule has 0 bridgehead atoms. The molecule has 2 aliphatic rings. The van der Waals surface area contributed by atoms with Crippen molar-refractivity contribution in [2.45, 2.75) is 60.5 Å². The van der Waals surface area contributed by atoms with Gasteiger partial charge >= 0.3 is 6.18 Å². The molecular weight excluding hydrogens is 545 g/mol. The summed E-state index contributed by atoms with van der Waals surface area (Å²) in [5.41, 5.74) is 0.860. The zero-order chi connectivity index (χ0) is 28.5. The number of ether oxygens (including phenoxy) is 1. The van der Waals surface area contributed by atoms with Gasteiger partial charge in [0.05, 0.1) is 34.6 Å². The number of sulfone groups is 1. The molecule has 0 atom stereocenters. The number of rotatable bonds is 7. The monoisotopic (exact) mass is 574 g/mol. The van der Waals surface area contributed by atoms with E-state index in [9.17, 15) is 26.4 Å². The van der Waals surface area contributed by atoms with E-state index < -0.39 is 32.4 Å². The third-order valence-corrected chi connectivity index (χ3v) is 9.71. The summed E-state index contributed by atoms with van der Waals surface area (Å²) >= 11 is 0. The standard InChI is InChI=1S/C28H29F3N4O4S/c1-18(36)35-27(16-39-17-27)25-14-20(12-13-32-25)19-2-7-23(8-3-19)40(37,38)24-9-5-22(6-10-24)34-26-11-4-21(15-33-26)28(29,30)31/h2-4,7-8,11-15,22,24H,5-6,9-10,16-17H2,1H3,(H,33,34)(H,35,36). The number of anilines is 1. The number of pyridine rings is 2. The third-order valence-electron chi connectivity index (χ3n) is 7.43. The van der Waals surface area contributed by atoms with Crippen molar-refractivity contribution in [1.82, 2.24) is 15.3 Å². The first-order chi connectivity index (χ1) is 19.0. The average Bonchev–Trinajstić information content (AvgIpc) is 2.91. The maximum atomic E-state index is 13.4. The van der Waals surface area contributed by atoms with Crippen molar-refractivity contribution in [3.05, 3.63) is 72.2 Å². The van der Waals surface area contributed by atoms with E-state index in [4.69, 9.17) is 4.74 Å². The first-order valence-corrected chi connectivity index (χ1v) is 14.5. The highest BCUT2D eigenvalue weighted by molar-refractivity contribution is 7.92. The van der Waals surface area contributed by atoms with Gasteiger partial charge in [-0.1, -0.05) is 12.1 Å². The lowest BCUT2D eigenvalue weighted by Gasteiger charge is -2.41. The molecule has 0 unspecified atom stereocenters. The zero-order valence-corrected chi connectivity index (χ0v) is 22.6. The Bertz CT molecular complexity index is 1470. The molecule has 212 valence electrons. The molecule has 2 aromatic heterocycles. The second kappa shape index (κ2) is 10.8. The number of aromatic nitrogens is 2. The fourth-order valence-corrected chi connectivity index (χ4v) is 7.00. The number of hydrogen-bond acceptors (Lipinski definition) is 7. The summed E-state index contributed by atoms with van der Waals surface area (Å²) in [7, 11) is -3.56. The Balaban J connectivity index is 1.22. The maximum absolute atomic E-state index is 13.4. The quantitative estimate of drug-likeness (QED) is 0.420. The van der Waals surface area contributed by atoms with Crippen molar-refractivity contribution in [3.8, 4) is 11.1 Å². The normalized spacial score (nSPS) is 20.8. The molecule has 40 heavy (non-hydrogen) atoms. The number of nitrogens with one attached hydrogen (secondary N) is 2. The molecule has 0 radical (unpaired) electrons. The molecule has 3 aromatic rings. The van der Waals surface area contributed by atoms with E-state index in [1.54, 1.807) is 30.5 Å². The van der Waals surface area contributed by atoms with E-state index in [1.807, 2.05) is 12.1 Å². The molecule has 2 N–H and O–H groups in total. The van der Waals surface area contributed by atoms with Crippen molar-refractivity contribution >= 4 is 21.6 Å². The van der Waals surface area contributed by atoms with Crippen LogP contribution < -0.4 is 10.6 Å². The Morgan fingerprint density at radius 2 is 1.68 bits per heavy atom. The van der Waals surface area contributed by atoms with E-state index in [0.717, 1.165) is 23.4 Å². The highest BCUT2D eigenvalue weighted by Gasteiger charge is 2.42. The minimum atomic E-state index is -4.44.